The minimum absolute atomic E-state index is 0.00166. The average molecular weight is 423 g/mol. The van der Waals surface area contributed by atoms with E-state index >= 15 is 0 Å². The second-order valence-corrected chi connectivity index (χ2v) is 8.55. The first-order valence-corrected chi connectivity index (χ1v) is 11.1. The third-order valence-corrected chi connectivity index (χ3v) is 6.04. The minimum atomic E-state index is 0.00166. The number of rotatable bonds is 6. The predicted octanol–water partition coefficient (Wildman–Crippen LogP) is 5.67. The molecule has 0 spiro atoms. The number of amides is 1. The molecule has 2 N–H and O–H groups in total. The molecular weight excluding hydrogens is 396 g/mol. The van der Waals surface area contributed by atoms with Crippen LogP contribution in [0.25, 0.3) is 21.9 Å². The highest BCUT2D eigenvalue weighted by molar-refractivity contribution is 5.97. The standard InChI is InChI=1S/C27H26N4O/c1-17-8-9-21(27(32)30-23-11-12-23)15-25(17)20-10-13-24-22(14-20)16-28-31-26(24)29-18(2)19-6-4-3-5-7-19/h3-10,13-16,18,23H,11-12H2,1-2H3,(H,29,31)(H,30,32)/t18-/m1/s1. The number of anilines is 1. The number of benzene rings is 3. The zero-order valence-corrected chi connectivity index (χ0v) is 18.3. The van der Waals surface area contributed by atoms with Gasteiger partial charge in [0, 0.05) is 22.4 Å². The summed E-state index contributed by atoms with van der Waals surface area (Å²) in [6.07, 6.45) is 3.95. The van der Waals surface area contributed by atoms with Gasteiger partial charge in [-0.25, -0.2) is 0 Å². The molecule has 0 radical (unpaired) electrons. The number of nitrogens with one attached hydrogen (secondary N) is 2. The molecular formula is C27H26N4O. The van der Waals surface area contributed by atoms with Crippen molar-refractivity contribution in [3.05, 3.63) is 89.6 Å². The van der Waals surface area contributed by atoms with Crippen molar-refractivity contribution in [2.75, 3.05) is 5.32 Å². The Morgan fingerprint density at radius 1 is 1.03 bits per heavy atom. The molecule has 160 valence electrons. The van der Waals surface area contributed by atoms with Crippen LogP contribution in [0.15, 0.2) is 72.9 Å². The molecule has 0 bridgehead atoms. The van der Waals surface area contributed by atoms with Crippen LogP contribution in [-0.4, -0.2) is 22.1 Å². The van der Waals surface area contributed by atoms with Gasteiger partial charge in [0.2, 0.25) is 0 Å². The van der Waals surface area contributed by atoms with Gasteiger partial charge in [-0.3, -0.25) is 4.79 Å². The van der Waals surface area contributed by atoms with E-state index in [1.165, 1.54) is 5.56 Å². The number of nitrogens with zero attached hydrogens (tertiary/aromatic N) is 2. The van der Waals surface area contributed by atoms with E-state index in [1.54, 1.807) is 6.20 Å². The van der Waals surface area contributed by atoms with Crippen molar-refractivity contribution in [1.29, 1.82) is 0 Å². The first-order chi connectivity index (χ1) is 15.6. The van der Waals surface area contributed by atoms with Gasteiger partial charge in [-0.1, -0.05) is 42.5 Å². The molecule has 1 saturated carbocycles. The van der Waals surface area contributed by atoms with Gasteiger partial charge in [0.05, 0.1) is 12.2 Å². The molecule has 1 fully saturated rings. The van der Waals surface area contributed by atoms with Gasteiger partial charge in [0.25, 0.3) is 5.91 Å². The first-order valence-electron chi connectivity index (χ1n) is 11.1. The van der Waals surface area contributed by atoms with Crippen LogP contribution in [0, 0.1) is 6.92 Å². The quantitative estimate of drug-likeness (QED) is 0.420. The van der Waals surface area contributed by atoms with Gasteiger partial charge in [-0.2, -0.15) is 5.10 Å². The van der Waals surface area contributed by atoms with E-state index in [0.717, 1.165) is 46.1 Å². The molecule has 1 aliphatic carbocycles. The summed E-state index contributed by atoms with van der Waals surface area (Å²) >= 11 is 0. The van der Waals surface area contributed by atoms with Crippen molar-refractivity contribution >= 4 is 22.5 Å². The Morgan fingerprint density at radius 2 is 1.84 bits per heavy atom. The third-order valence-electron chi connectivity index (χ3n) is 6.04. The smallest absolute Gasteiger partial charge is 0.251 e. The molecule has 4 aromatic rings. The van der Waals surface area contributed by atoms with Gasteiger partial charge in [-0.15, -0.1) is 5.10 Å². The van der Waals surface area contributed by atoms with Crippen molar-refractivity contribution in [2.45, 2.75) is 38.8 Å². The predicted molar refractivity (Wildman–Crippen MR) is 129 cm³/mol. The summed E-state index contributed by atoms with van der Waals surface area (Å²) in [5, 5.41) is 17.2. The van der Waals surface area contributed by atoms with Crippen molar-refractivity contribution in [3.63, 3.8) is 0 Å². The van der Waals surface area contributed by atoms with Gasteiger partial charge in [-0.05, 0) is 73.2 Å². The van der Waals surface area contributed by atoms with E-state index < -0.39 is 0 Å². The van der Waals surface area contributed by atoms with E-state index in [1.807, 2.05) is 36.4 Å². The SMILES string of the molecule is Cc1ccc(C(=O)NC2CC2)cc1-c1ccc2c(N[C@H](C)c3ccccc3)nncc2c1. The lowest BCUT2D eigenvalue weighted by Crippen LogP contribution is -2.25. The van der Waals surface area contributed by atoms with Crippen molar-refractivity contribution in [1.82, 2.24) is 15.5 Å². The number of carbonyl (C=O) groups excluding carboxylic acids is 1. The molecule has 5 rings (SSSR count). The summed E-state index contributed by atoms with van der Waals surface area (Å²) in [4.78, 5) is 12.5. The molecule has 0 unspecified atom stereocenters. The highest BCUT2D eigenvalue weighted by atomic mass is 16.1. The molecule has 5 nitrogen and oxygen atoms in total. The van der Waals surface area contributed by atoms with Crippen molar-refractivity contribution < 1.29 is 4.79 Å². The van der Waals surface area contributed by atoms with Crippen LogP contribution in [-0.2, 0) is 0 Å². The van der Waals surface area contributed by atoms with Crippen molar-refractivity contribution in [2.24, 2.45) is 0 Å². The molecule has 1 aliphatic rings. The molecule has 1 aromatic heterocycles. The monoisotopic (exact) mass is 422 g/mol. The maximum Gasteiger partial charge on any atom is 0.251 e. The molecule has 0 aliphatic heterocycles. The highest BCUT2D eigenvalue weighted by Crippen LogP contribution is 2.31. The van der Waals surface area contributed by atoms with Gasteiger partial charge < -0.3 is 10.6 Å². The Kier molecular flexibility index (Phi) is 5.31. The Balaban J connectivity index is 1.46. The van der Waals surface area contributed by atoms with Gasteiger partial charge in [0.15, 0.2) is 5.82 Å². The number of carbonyl (C=O) groups is 1. The van der Waals surface area contributed by atoms with Crippen LogP contribution in [0.1, 0.15) is 47.3 Å². The van der Waals surface area contributed by atoms with E-state index in [-0.39, 0.29) is 11.9 Å². The lowest BCUT2D eigenvalue weighted by molar-refractivity contribution is 0.0951. The highest BCUT2D eigenvalue weighted by Gasteiger charge is 2.24. The van der Waals surface area contributed by atoms with E-state index in [9.17, 15) is 4.79 Å². The molecule has 1 amide bonds. The van der Waals surface area contributed by atoms with Crippen LogP contribution in [0.3, 0.4) is 0 Å². The maximum absolute atomic E-state index is 12.5. The Hall–Kier alpha value is -3.73. The fraction of sp³-hybridized carbons (Fsp3) is 0.222. The maximum atomic E-state index is 12.5. The number of hydrogen-bond acceptors (Lipinski definition) is 4. The zero-order valence-electron chi connectivity index (χ0n) is 18.3. The summed E-state index contributed by atoms with van der Waals surface area (Å²) in [7, 11) is 0. The van der Waals surface area contributed by atoms with Gasteiger partial charge in [0.1, 0.15) is 0 Å². The van der Waals surface area contributed by atoms with E-state index in [4.69, 9.17) is 0 Å². The fourth-order valence-electron chi connectivity index (χ4n) is 3.96. The lowest BCUT2D eigenvalue weighted by atomic mass is 9.96. The largest absolute Gasteiger partial charge is 0.362 e. The third kappa shape index (κ3) is 4.19. The van der Waals surface area contributed by atoms with E-state index in [2.05, 4.69) is 65.0 Å². The topological polar surface area (TPSA) is 66.9 Å². The second kappa shape index (κ2) is 8.42. The molecule has 0 saturated heterocycles. The lowest BCUT2D eigenvalue weighted by Gasteiger charge is -2.16. The van der Waals surface area contributed by atoms with Crippen LogP contribution in [0.2, 0.25) is 0 Å². The number of fused-ring (bicyclic) bond motifs is 1. The normalized spacial score (nSPS) is 14.2. The number of aryl methyl sites for hydroxylation is 1. The molecule has 1 atom stereocenters. The molecule has 5 heteroatoms. The van der Waals surface area contributed by atoms with Crippen LogP contribution < -0.4 is 10.6 Å². The van der Waals surface area contributed by atoms with Crippen LogP contribution in [0.4, 0.5) is 5.82 Å². The van der Waals surface area contributed by atoms with Crippen LogP contribution in [0.5, 0.6) is 0 Å². The Morgan fingerprint density at radius 3 is 2.62 bits per heavy atom. The Labute approximate surface area is 187 Å². The zero-order chi connectivity index (χ0) is 22.1. The second-order valence-electron chi connectivity index (χ2n) is 8.55. The minimum Gasteiger partial charge on any atom is -0.362 e. The summed E-state index contributed by atoms with van der Waals surface area (Å²) in [6, 6.07) is 22.9. The number of aromatic nitrogens is 2. The molecule has 32 heavy (non-hydrogen) atoms. The van der Waals surface area contributed by atoms with E-state index in [0.29, 0.717) is 11.6 Å². The Bertz CT molecular complexity index is 1280. The van der Waals surface area contributed by atoms with Crippen molar-refractivity contribution in [3.8, 4) is 11.1 Å². The van der Waals surface area contributed by atoms with Gasteiger partial charge >= 0.3 is 0 Å². The average Bonchev–Trinajstić information content (AvgIpc) is 3.63. The van der Waals surface area contributed by atoms with Crippen LogP contribution >= 0.6 is 0 Å². The summed E-state index contributed by atoms with van der Waals surface area (Å²) in [5.41, 5.74) is 5.14. The fourth-order valence-corrected chi connectivity index (χ4v) is 3.96. The summed E-state index contributed by atoms with van der Waals surface area (Å²) in [6.45, 7) is 4.19. The number of hydrogen-bond donors (Lipinski definition) is 2. The first kappa shape index (κ1) is 20.2. The molecule has 1 heterocycles. The summed E-state index contributed by atoms with van der Waals surface area (Å²) in [5.74, 6) is 0.765. The summed E-state index contributed by atoms with van der Waals surface area (Å²) < 4.78 is 0. The molecule has 3 aromatic carbocycles.